The highest BCUT2D eigenvalue weighted by atomic mass is 35.5. The zero-order valence-electron chi connectivity index (χ0n) is 9.41. The van der Waals surface area contributed by atoms with Crippen LogP contribution in [0.25, 0.3) is 0 Å². The third-order valence-electron chi connectivity index (χ3n) is 2.62. The Morgan fingerprint density at radius 2 is 2.18 bits per heavy atom. The molecule has 5 heteroatoms. The highest BCUT2D eigenvalue weighted by Crippen LogP contribution is 2.13. The molecule has 1 aromatic rings. The number of anilines is 1. The summed E-state index contributed by atoms with van der Waals surface area (Å²) in [6.45, 7) is 1.63. The maximum atomic E-state index is 5.80. The second-order valence-corrected chi connectivity index (χ2v) is 4.82. The molecule has 0 aliphatic carbocycles. The second kappa shape index (κ2) is 6.19. The summed E-state index contributed by atoms with van der Waals surface area (Å²) >= 11 is 11.0. The number of nitrogens with one attached hydrogen (secondary N) is 2. The Hall–Kier alpha value is -0.840. The molecule has 0 unspecified atom stereocenters. The number of halogens is 1. The molecule has 1 aliphatic rings. The lowest BCUT2D eigenvalue weighted by Gasteiger charge is -2.13. The van der Waals surface area contributed by atoms with Crippen LogP contribution in [-0.4, -0.2) is 24.4 Å². The highest BCUT2D eigenvalue weighted by Gasteiger charge is 2.15. The summed E-state index contributed by atoms with van der Waals surface area (Å²) in [7, 11) is 0. The minimum absolute atomic E-state index is 0.292. The first kappa shape index (κ1) is 12.6. The van der Waals surface area contributed by atoms with Crippen LogP contribution in [0.5, 0.6) is 0 Å². The van der Waals surface area contributed by atoms with Crippen molar-refractivity contribution in [3.63, 3.8) is 0 Å². The Bertz CT molecular complexity index is 377. The van der Waals surface area contributed by atoms with Gasteiger partial charge in [0, 0.05) is 23.9 Å². The van der Waals surface area contributed by atoms with Gasteiger partial charge in [0.15, 0.2) is 5.11 Å². The van der Waals surface area contributed by atoms with Crippen molar-refractivity contribution in [2.75, 3.05) is 18.5 Å². The van der Waals surface area contributed by atoms with E-state index < -0.39 is 0 Å². The number of thiocarbonyl (C=S) groups is 1. The Morgan fingerprint density at radius 1 is 1.41 bits per heavy atom. The molecule has 1 heterocycles. The Balaban J connectivity index is 1.74. The van der Waals surface area contributed by atoms with E-state index in [0.29, 0.717) is 16.2 Å². The van der Waals surface area contributed by atoms with Gasteiger partial charge in [-0.15, -0.1) is 0 Å². The Labute approximate surface area is 111 Å². The fraction of sp³-hybridized carbons (Fsp3) is 0.417. The van der Waals surface area contributed by atoms with Gasteiger partial charge in [-0.3, -0.25) is 0 Å². The van der Waals surface area contributed by atoms with Crippen LogP contribution in [0.1, 0.15) is 12.8 Å². The Kier molecular flexibility index (Phi) is 4.59. The van der Waals surface area contributed by atoms with Crippen LogP contribution in [0.4, 0.5) is 5.69 Å². The zero-order chi connectivity index (χ0) is 12.1. The quantitative estimate of drug-likeness (QED) is 0.828. The monoisotopic (exact) mass is 270 g/mol. The molecule has 0 spiro atoms. The molecule has 2 N–H and O–H groups in total. The predicted octanol–water partition coefficient (Wildman–Crippen LogP) is 2.81. The van der Waals surface area contributed by atoms with E-state index in [1.54, 1.807) is 0 Å². The molecule has 0 saturated carbocycles. The second-order valence-electron chi connectivity index (χ2n) is 3.98. The van der Waals surface area contributed by atoms with Crippen molar-refractivity contribution in [1.82, 2.24) is 5.32 Å². The van der Waals surface area contributed by atoms with E-state index in [9.17, 15) is 0 Å². The van der Waals surface area contributed by atoms with E-state index in [4.69, 9.17) is 28.6 Å². The van der Waals surface area contributed by atoms with Gasteiger partial charge in [-0.05, 0) is 49.3 Å². The molecular weight excluding hydrogens is 256 g/mol. The number of hydrogen-bond acceptors (Lipinski definition) is 2. The molecule has 1 aliphatic heterocycles. The van der Waals surface area contributed by atoms with Crippen molar-refractivity contribution >= 4 is 34.6 Å². The highest BCUT2D eigenvalue weighted by molar-refractivity contribution is 7.80. The maximum absolute atomic E-state index is 5.80. The molecule has 1 fully saturated rings. The maximum Gasteiger partial charge on any atom is 0.170 e. The fourth-order valence-electron chi connectivity index (χ4n) is 1.72. The van der Waals surface area contributed by atoms with Crippen molar-refractivity contribution in [2.24, 2.45) is 0 Å². The van der Waals surface area contributed by atoms with Gasteiger partial charge in [-0.25, -0.2) is 0 Å². The third kappa shape index (κ3) is 4.15. The molecule has 0 bridgehead atoms. The molecule has 0 radical (unpaired) electrons. The SMILES string of the molecule is S=C(NC[C@@H]1CCCO1)Nc1ccc(Cl)cc1. The van der Waals surface area contributed by atoms with E-state index in [-0.39, 0.29) is 0 Å². The number of hydrogen-bond donors (Lipinski definition) is 2. The number of rotatable bonds is 3. The molecule has 0 amide bonds. The van der Waals surface area contributed by atoms with Crippen LogP contribution in [0.3, 0.4) is 0 Å². The molecule has 1 aromatic carbocycles. The van der Waals surface area contributed by atoms with Gasteiger partial charge in [0.05, 0.1) is 6.10 Å². The van der Waals surface area contributed by atoms with Crippen LogP contribution in [0, 0.1) is 0 Å². The van der Waals surface area contributed by atoms with Crippen molar-refractivity contribution in [2.45, 2.75) is 18.9 Å². The standard InChI is InChI=1S/C12H15ClN2OS/c13-9-3-5-10(6-4-9)15-12(17)14-8-11-2-1-7-16-11/h3-6,11H,1-2,7-8H2,(H2,14,15,17)/t11-/m0/s1. The van der Waals surface area contributed by atoms with Gasteiger partial charge in [-0.2, -0.15) is 0 Å². The van der Waals surface area contributed by atoms with Crippen LogP contribution in [-0.2, 0) is 4.74 Å². The molecule has 0 aromatic heterocycles. The largest absolute Gasteiger partial charge is 0.376 e. The summed E-state index contributed by atoms with van der Waals surface area (Å²) in [4.78, 5) is 0. The van der Waals surface area contributed by atoms with Crippen LogP contribution < -0.4 is 10.6 Å². The van der Waals surface area contributed by atoms with Crippen molar-refractivity contribution in [3.8, 4) is 0 Å². The molecule has 3 nitrogen and oxygen atoms in total. The van der Waals surface area contributed by atoms with Crippen molar-refractivity contribution in [3.05, 3.63) is 29.3 Å². The summed E-state index contributed by atoms with van der Waals surface area (Å²) < 4.78 is 5.50. The first-order valence-corrected chi connectivity index (χ1v) is 6.45. The van der Waals surface area contributed by atoms with Gasteiger partial charge in [-0.1, -0.05) is 11.6 Å². The molecule has 1 saturated heterocycles. The molecule has 1 atom stereocenters. The van der Waals surface area contributed by atoms with Gasteiger partial charge in [0.1, 0.15) is 0 Å². The lowest BCUT2D eigenvalue weighted by Crippen LogP contribution is -2.34. The number of benzene rings is 1. The van der Waals surface area contributed by atoms with Gasteiger partial charge in [0.25, 0.3) is 0 Å². The molecule has 2 rings (SSSR count). The summed E-state index contributed by atoms with van der Waals surface area (Å²) in [6.07, 6.45) is 2.54. The van der Waals surface area contributed by atoms with E-state index in [2.05, 4.69) is 10.6 Å². The van der Waals surface area contributed by atoms with Gasteiger partial charge >= 0.3 is 0 Å². The summed E-state index contributed by atoms with van der Waals surface area (Å²) in [5.41, 5.74) is 0.930. The topological polar surface area (TPSA) is 33.3 Å². The van der Waals surface area contributed by atoms with Crippen LogP contribution >= 0.6 is 23.8 Å². The van der Waals surface area contributed by atoms with E-state index in [1.165, 1.54) is 0 Å². The van der Waals surface area contributed by atoms with Gasteiger partial charge in [0.2, 0.25) is 0 Å². The molecule has 92 valence electrons. The molecular formula is C12H15ClN2OS. The van der Waals surface area contributed by atoms with Crippen molar-refractivity contribution < 1.29 is 4.74 Å². The van der Waals surface area contributed by atoms with Crippen LogP contribution in [0.15, 0.2) is 24.3 Å². The average molecular weight is 271 g/mol. The summed E-state index contributed by atoms with van der Waals surface area (Å²) in [6, 6.07) is 7.43. The predicted molar refractivity (Wildman–Crippen MR) is 74.6 cm³/mol. The van der Waals surface area contributed by atoms with E-state index in [1.807, 2.05) is 24.3 Å². The lowest BCUT2D eigenvalue weighted by atomic mass is 10.2. The van der Waals surface area contributed by atoms with Gasteiger partial charge < -0.3 is 15.4 Å². The van der Waals surface area contributed by atoms with Crippen molar-refractivity contribution in [1.29, 1.82) is 0 Å². The van der Waals surface area contributed by atoms with E-state index in [0.717, 1.165) is 31.7 Å². The smallest absolute Gasteiger partial charge is 0.170 e. The molecule has 17 heavy (non-hydrogen) atoms. The summed E-state index contributed by atoms with van der Waals surface area (Å²) in [5.74, 6) is 0. The third-order valence-corrected chi connectivity index (χ3v) is 3.11. The van der Waals surface area contributed by atoms with Crippen LogP contribution in [0.2, 0.25) is 5.02 Å². The average Bonchev–Trinajstić information content (AvgIpc) is 2.83. The van der Waals surface area contributed by atoms with E-state index >= 15 is 0 Å². The lowest BCUT2D eigenvalue weighted by molar-refractivity contribution is 0.114. The first-order chi connectivity index (χ1) is 8.24. The zero-order valence-corrected chi connectivity index (χ0v) is 11.0. The fourth-order valence-corrected chi connectivity index (χ4v) is 2.05. The Morgan fingerprint density at radius 3 is 2.82 bits per heavy atom. The minimum atomic E-state index is 0.292. The summed E-state index contributed by atoms with van der Waals surface area (Å²) in [5, 5.41) is 7.58. The first-order valence-electron chi connectivity index (χ1n) is 5.66. The normalized spacial score (nSPS) is 19.0. The minimum Gasteiger partial charge on any atom is -0.376 e. The number of ether oxygens (including phenoxy) is 1.